The molecule has 1 N–H and O–H groups in total. The lowest BCUT2D eigenvalue weighted by atomic mass is 10.1. The minimum absolute atomic E-state index is 0.152. The van der Waals surface area contributed by atoms with Crippen LogP contribution in [0.15, 0.2) is 30.3 Å². The van der Waals surface area contributed by atoms with Gasteiger partial charge >= 0.3 is 5.97 Å². The van der Waals surface area contributed by atoms with E-state index in [0.717, 1.165) is 17.7 Å². The maximum atomic E-state index is 12.0. The summed E-state index contributed by atoms with van der Waals surface area (Å²) in [6.45, 7) is 2.33. The fourth-order valence-electron chi connectivity index (χ4n) is 1.81. The van der Waals surface area contributed by atoms with Crippen LogP contribution in [0.2, 0.25) is 0 Å². The lowest BCUT2D eigenvalue weighted by Crippen LogP contribution is -2.43. The van der Waals surface area contributed by atoms with Gasteiger partial charge in [0.25, 0.3) is 0 Å². The van der Waals surface area contributed by atoms with E-state index in [2.05, 4.69) is 5.32 Å². The summed E-state index contributed by atoms with van der Waals surface area (Å²) in [4.78, 5) is 24.0. The molecule has 0 saturated carbocycles. The van der Waals surface area contributed by atoms with Crippen molar-refractivity contribution in [3.8, 4) is 0 Å². The van der Waals surface area contributed by atoms with Gasteiger partial charge in [-0.2, -0.15) is 11.8 Å². The summed E-state index contributed by atoms with van der Waals surface area (Å²) in [7, 11) is 0. The van der Waals surface area contributed by atoms with E-state index in [-0.39, 0.29) is 18.3 Å². The molecule has 0 heterocycles. The van der Waals surface area contributed by atoms with E-state index >= 15 is 0 Å². The first-order valence-electron chi connectivity index (χ1n) is 7.16. The second-order valence-corrected chi connectivity index (χ2v) is 5.72. The van der Waals surface area contributed by atoms with Crippen LogP contribution in [-0.2, 0) is 20.7 Å². The summed E-state index contributed by atoms with van der Waals surface area (Å²) >= 11 is 1.64. The third-order valence-corrected chi connectivity index (χ3v) is 3.53. The lowest BCUT2D eigenvalue weighted by Gasteiger charge is -2.17. The Bertz CT molecular complexity index is 436. The summed E-state index contributed by atoms with van der Waals surface area (Å²) in [5, 5.41) is 2.78. The zero-order chi connectivity index (χ0) is 15.5. The molecular weight excluding hydrogens is 286 g/mol. The fourth-order valence-corrected chi connectivity index (χ4v) is 2.29. The maximum absolute atomic E-state index is 12.0. The van der Waals surface area contributed by atoms with Crippen LogP contribution in [0.5, 0.6) is 0 Å². The Kier molecular flexibility index (Phi) is 8.59. The smallest absolute Gasteiger partial charge is 0.328 e. The number of benzene rings is 1. The molecular formula is C16H23NO3S. The van der Waals surface area contributed by atoms with Crippen molar-refractivity contribution < 1.29 is 14.3 Å². The van der Waals surface area contributed by atoms with E-state index in [9.17, 15) is 9.59 Å². The Hall–Kier alpha value is -1.49. The van der Waals surface area contributed by atoms with Crippen molar-refractivity contribution in [3.05, 3.63) is 35.9 Å². The predicted octanol–water partition coefficient (Wildman–Crippen LogP) is 2.42. The third-order valence-electron chi connectivity index (χ3n) is 2.89. The quantitative estimate of drug-likeness (QED) is 0.712. The van der Waals surface area contributed by atoms with Crippen molar-refractivity contribution in [3.63, 3.8) is 0 Å². The van der Waals surface area contributed by atoms with Gasteiger partial charge in [-0.25, -0.2) is 4.79 Å². The van der Waals surface area contributed by atoms with E-state index in [1.165, 1.54) is 0 Å². The Morgan fingerprint density at radius 2 is 2.00 bits per heavy atom. The van der Waals surface area contributed by atoms with Gasteiger partial charge in [-0.15, -0.1) is 0 Å². The SMILES string of the molecule is CCCOC(=O)C(CCSC)NC(=O)Cc1ccccc1. The molecule has 0 saturated heterocycles. The normalized spacial score (nSPS) is 11.7. The molecule has 1 rings (SSSR count). The standard InChI is InChI=1S/C16H23NO3S/c1-3-10-20-16(19)14(9-11-21-2)17-15(18)12-13-7-5-4-6-8-13/h4-8,14H,3,9-12H2,1-2H3,(H,17,18). The lowest BCUT2D eigenvalue weighted by molar-refractivity contribution is -0.147. The van der Waals surface area contributed by atoms with E-state index in [0.29, 0.717) is 13.0 Å². The summed E-state index contributed by atoms with van der Waals surface area (Å²) in [6.07, 6.45) is 3.61. The minimum Gasteiger partial charge on any atom is -0.464 e. The molecule has 0 spiro atoms. The van der Waals surface area contributed by atoms with Gasteiger partial charge in [-0.05, 0) is 30.4 Å². The number of nitrogens with one attached hydrogen (secondary N) is 1. The molecule has 0 fully saturated rings. The second-order valence-electron chi connectivity index (χ2n) is 4.73. The van der Waals surface area contributed by atoms with Gasteiger partial charge < -0.3 is 10.1 Å². The van der Waals surface area contributed by atoms with E-state index in [4.69, 9.17) is 4.74 Å². The number of thioether (sulfide) groups is 1. The van der Waals surface area contributed by atoms with Crippen molar-refractivity contribution in [1.29, 1.82) is 0 Å². The first-order valence-corrected chi connectivity index (χ1v) is 8.55. The van der Waals surface area contributed by atoms with Crippen LogP contribution >= 0.6 is 11.8 Å². The van der Waals surface area contributed by atoms with Crippen molar-refractivity contribution >= 4 is 23.6 Å². The van der Waals surface area contributed by atoms with Gasteiger partial charge in [0.2, 0.25) is 5.91 Å². The van der Waals surface area contributed by atoms with Crippen LogP contribution in [0.25, 0.3) is 0 Å². The largest absolute Gasteiger partial charge is 0.464 e. The molecule has 0 aliphatic heterocycles. The number of carbonyl (C=O) groups is 2. The summed E-state index contributed by atoms with van der Waals surface area (Å²) in [5.41, 5.74) is 0.931. The summed E-state index contributed by atoms with van der Waals surface area (Å²) < 4.78 is 5.14. The second kappa shape index (κ2) is 10.3. The van der Waals surface area contributed by atoms with Crippen LogP contribution in [0, 0.1) is 0 Å². The highest BCUT2D eigenvalue weighted by atomic mass is 32.2. The van der Waals surface area contributed by atoms with Crippen LogP contribution in [0.4, 0.5) is 0 Å². The Labute approximate surface area is 130 Å². The van der Waals surface area contributed by atoms with Crippen molar-refractivity contribution in [2.75, 3.05) is 18.6 Å². The molecule has 0 aliphatic rings. The average molecular weight is 309 g/mol. The first-order chi connectivity index (χ1) is 10.2. The first kappa shape index (κ1) is 17.6. The van der Waals surface area contributed by atoms with Gasteiger partial charge in [0.1, 0.15) is 6.04 Å². The Morgan fingerprint density at radius 1 is 1.29 bits per heavy atom. The molecule has 1 amide bonds. The highest BCUT2D eigenvalue weighted by Gasteiger charge is 2.21. The molecule has 0 aromatic heterocycles. The van der Waals surface area contributed by atoms with Crippen molar-refractivity contribution in [2.24, 2.45) is 0 Å². The number of esters is 1. The molecule has 21 heavy (non-hydrogen) atoms. The topological polar surface area (TPSA) is 55.4 Å². The maximum Gasteiger partial charge on any atom is 0.328 e. The molecule has 0 radical (unpaired) electrons. The number of hydrogen-bond donors (Lipinski definition) is 1. The molecule has 4 nitrogen and oxygen atoms in total. The van der Waals surface area contributed by atoms with Crippen LogP contribution in [0.3, 0.4) is 0 Å². The molecule has 1 aromatic rings. The summed E-state index contributed by atoms with van der Waals surface area (Å²) in [5.74, 6) is 0.311. The minimum atomic E-state index is -0.555. The molecule has 116 valence electrons. The van der Waals surface area contributed by atoms with Gasteiger partial charge in [0.15, 0.2) is 0 Å². The van der Waals surface area contributed by atoms with Crippen molar-refractivity contribution in [2.45, 2.75) is 32.2 Å². The number of ether oxygens (including phenoxy) is 1. The van der Waals surface area contributed by atoms with Gasteiger partial charge in [0, 0.05) is 0 Å². The number of amides is 1. The fraction of sp³-hybridized carbons (Fsp3) is 0.500. The molecule has 1 atom stereocenters. The van der Waals surface area contributed by atoms with E-state index < -0.39 is 6.04 Å². The Morgan fingerprint density at radius 3 is 2.62 bits per heavy atom. The number of carbonyl (C=O) groups excluding carboxylic acids is 2. The van der Waals surface area contributed by atoms with Crippen LogP contribution < -0.4 is 5.32 Å². The zero-order valence-electron chi connectivity index (χ0n) is 12.6. The monoisotopic (exact) mass is 309 g/mol. The number of rotatable bonds is 9. The zero-order valence-corrected chi connectivity index (χ0v) is 13.4. The average Bonchev–Trinajstić information content (AvgIpc) is 2.50. The Balaban J connectivity index is 2.54. The molecule has 1 aromatic carbocycles. The molecule has 0 aliphatic carbocycles. The number of hydrogen-bond acceptors (Lipinski definition) is 4. The highest BCUT2D eigenvalue weighted by Crippen LogP contribution is 2.05. The third kappa shape index (κ3) is 7.18. The van der Waals surface area contributed by atoms with Crippen LogP contribution in [-0.4, -0.2) is 36.5 Å². The molecule has 5 heteroatoms. The van der Waals surface area contributed by atoms with Gasteiger partial charge in [0.05, 0.1) is 13.0 Å². The molecule has 0 bridgehead atoms. The van der Waals surface area contributed by atoms with E-state index in [1.54, 1.807) is 11.8 Å². The van der Waals surface area contributed by atoms with Gasteiger partial charge in [-0.1, -0.05) is 37.3 Å². The highest BCUT2D eigenvalue weighted by molar-refractivity contribution is 7.98. The van der Waals surface area contributed by atoms with Gasteiger partial charge in [-0.3, -0.25) is 4.79 Å². The van der Waals surface area contributed by atoms with Crippen molar-refractivity contribution in [1.82, 2.24) is 5.32 Å². The summed E-state index contributed by atoms with van der Waals surface area (Å²) in [6, 6.07) is 8.93. The predicted molar refractivity (Wildman–Crippen MR) is 86.3 cm³/mol. The molecule has 1 unspecified atom stereocenters. The van der Waals surface area contributed by atoms with E-state index in [1.807, 2.05) is 43.5 Å². The van der Waals surface area contributed by atoms with Crippen LogP contribution in [0.1, 0.15) is 25.3 Å².